The number of nitrogens with zero attached hydrogens (tertiary/aromatic N) is 3. The first kappa shape index (κ1) is 13.5. The molecule has 2 rings (SSSR count). The lowest BCUT2D eigenvalue weighted by atomic mass is 10.1. The topological polar surface area (TPSA) is 31.4 Å². The van der Waals surface area contributed by atoms with Gasteiger partial charge in [0.1, 0.15) is 0 Å². The van der Waals surface area contributed by atoms with Gasteiger partial charge in [-0.25, -0.2) is 0 Å². The molecule has 0 bridgehead atoms. The Bertz CT molecular complexity index is 352. The minimum atomic E-state index is 0.562. The van der Waals surface area contributed by atoms with Gasteiger partial charge in [-0.15, -0.1) is 0 Å². The van der Waals surface area contributed by atoms with E-state index in [0.29, 0.717) is 12.1 Å². The third-order valence-electron chi connectivity index (χ3n) is 3.39. The van der Waals surface area contributed by atoms with Crippen LogP contribution in [0, 0.1) is 0 Å². The summed E-state index contributed by atoms with van der Waals surface area (Å²) >= 11 is 0. The standard InChI is InChI=1S/C14H24N4/c1-12-9-18(10-13-6-4-5-7-15-13)14(8-16-12)11-17(2)3/h4-7,12,14,16H,8-11H2,1-3H3. The van der Waals surface area contributed by atoms with Crippen molar-refractivity contribution in [3.8, 4) is 0 Å². The van der Waals surface area contributed by atoms with E-state index in [4.69, 9.17) is 0 Å². The summed E-state index contributed by atoms with van der Waals surface area (Å²) < 4.78 is 0. The van der Waals surface area contributed by atoms with Crippen LogP contribution < -0.4 is 5.32 Å². The maximum absolute atomic E-state index is 4.44. The summed E-state index contributed by atoms with van der Waals surface area (Å²) in [5, 5.41) is 3.56. The predicted molar refractivity (Wildman–Crippen MR) is 74.5 cm³/mol. The van der Waals surface area contributed by atoms with Crippen molar-refractivity contribution in [2.45, 2.75) is 25.6 Å². The lowest BCUT2D eigenvalue weighted by Gasteiger charge is -2.40. The van der Waals surface area contributed by atoms with E-state index in [1.807, 2.05) is 12.3 Å². The van der Waals surface area contributed by atoms with Gasteiger partial charge in [0.05, 0.1) is 5.69 Å². The molecule has 0 saturated carbocycles. The van der Waals surface area contributed by atoms with Crippen LogP contribution in [0.1, 0.15) is 12.6 Å². The van der Waals surface area contributed by atoms with Gasteiger partial charge in [0, 0.05) is 44.5 Å². The molecule has 4 heteroatoms. The summed E-state index contributed by atoms with van der Waals surface area (Å²) in [6, 6.07) is 7.28. The van der Waals surface area contributed by atoms with Gasteiger partial charge in [-0.1, -0.05) is 6.07 Å². The average molecular weight is 248 g/mol. The summed E-state index contributed by atoms with van der Waals surface area (Å²) in [7, 11) is 4.27. The number of nitrogens with one attached hydrogen (secondary N) is 1. The van der Waals surface area contributed by atoms with Crippen molar-refractivity contribution in [1.82, 2.24) is 20.1 Å². The molecule has 0 amide bonds. The van der Waals surface area contributed by atoms with Crippen molar-refractivity contribution >= 4 is 0 Å². The van der Waals surface area contributed by atoms with Crippen molar-refractivity contribution < 1.29 is 0 Å². The maximum atomic E-state index is 4.44. The van der Waals surface area contributed by atoms with Crippen molar-refractivity contribution in [3.05, 3.63) is 30.1 Å². The van der Waals surface area contributed by atoms with Crippen molar-refractivity contribution in [2.75, 3.05) is 33.7 Å². The Hall–Kier alpha value is -0.970. The zero-order chi connectivity index (χ0) is 13.0. The molecule has 0 radical (unpaired) electrons. The van der Waals surface area contributed by atoms with Crippen LogP contribution in [-0.4, -0.2) is 60.6 Å². The lowest BCUT2D eigenvalue weighted by Crippen LogP contribution is -2.57. The quantitative estimate of drug-likeness (QED) is 0.854. The summed E-state index contributed by atoms with van der Waals surface area (Å²) in [4.78, 5) is 9.24. The average Bonchev–Trinajstić information content (AvgIpc) is 2.33. The molecule has 1 aromatic heterocycles. The van der Waals surface area contributed by atoms with Gasteiger partial charge in [0.15, 0.2) is 0 Å². The van der Waals surface area contributed by atoms with Crippen molar-refractivity contribution in [2.24, 2.45) is 0 Å². The Morgan fingerprint density at radius 3 is 2.94 bits per heavy atom. The number of piperazine rings is 1. The maximum Gasteiger partial charge on any atom is 0.0544 e. The number of hydrogen-bond donors (Lipinski definition) is 1. The fourth-order valence-electron chi connectivity index (χ4n) is 2.53. The van der Waals surface area contributed by atoms with E-state index in [1.54, 1.807) is 0 Å². The first-order valence-electron chi connectivity index (χ1n) is 6.67. The Balaban J connectivity index is 2.01. The minimum Gasteiger partial charge on any atom is -0.311 e. The molecule has 1 saturated heterocycles. The molecular formula is C14H24N4. The van der Waals surface area contributed by atoms with Gasteiger partial charge >= 0.3 is 0 Å². The zero-order valence-electron chi connectivity index (χ0n) is 11.6. The molecule has 1 fully saturated rings. The van der Waals surface area contributed by atoms with E-state index < -0.39 is 0 Å². The molecule has 1 N–H and O–H groups in total. The Kier molecular flexibility index (Phi) is 4.69. The van der Waals surface area contributed by atoms with E-state index in [9.17, 15) is 0 Å². The van der Waals surface area contributed by atoms with Crippen LogP contribution in [0.15, 0.2) is 24.4 Å². The summed E-state index contributed by atoms with van der Waals surface area (Å²) in [5.41, 5.74) is 1.16. The van der Waals surface area contributed by atoms with Gasteiger partial charge in [0.25, 0.3) is 0 Å². The molecule has 2 unspecified atom stereocenters. The molecule has 2 atom stereocenters. The summed E-state index contributed by atoms with van der Waals surface area (Å²) in [6.07, 6.45) is 1.88. The van der Waals surface area contributed by atoms with Crippen LogP contribution in [0.3, 0.4) is 0 Å². The number of hydrogen-bond acceptors (Lipinski definition) is 4. The molecule has 1 aliphatic heterocycles. The predicted octanol–water partition coefficient (Wildman–Crippen LogP) is 0.805. The highest BCUT2D eigenvalue weighted by atomic mass is 15.3. The molecule has 1 aliphatic rings. The molecule has 0 aromatic carbocycles. The van der Waals surface area contributed by atoms with Crippen molar-refractivity contribution in [3.63, 3.8) is 0 Å². The second-order valence-electron chi connectivity index (χ2n) is 5.48. The highest BCUT2D eigenvalue weighted by Crippen LogP contribution is 2.11. The van der Waals surface area contributed by atoms with Crippen LogP contribution in [0.4, 0.5) is 0 Å². The monoisotopic (exact) mass is 248 g/mol. The van der Waals surface area contributed by atoms with E-state index in [2.05, 4.69) is 53.3 Å². The molecule has 1 aromatic rings. The highest BCUT2D eigenvalue weighted by molar-refractivity contribution is 5.04. The number of likely N-dealkylation sites (N-methyl/N-ethyl adjacent to an activating group) is 1. The molecule has 0 spiro atoms. The molecule has 4 nitrogen and oxygen atoms in total. The second-order valence-corrected chi connectivity index (χ2v) is 5.48. The smallest absolute Gasteiger partial charge is 0.0544 e. The van der Waals surface area contributed by atoms with Crippen molar-refractivity contribution in [1.29, 1.82) is 0 Å². The van der Waals surface area contributed by atoms with Gasteiger partial charge in [-0.05, 0) is 33.2 Å². The minimum absolute atomic E-state index is 0.562. The Morgan fingerprint density at radius 1 is 1.44 bits per heavy atom. The van der Waals surface area contributed by atoms with E-state index in [-0.39, 0.29) is 0 Å². The summed E-state index contributed by atoms with van der Waals surface area (Å²) in [5.74, 6) is 0. The lowest BCUT2D eigenvalue weighted by molar-refractivity contribution is 0.104. The van der Waals surface area contributed by atoms with E-state index in [1.165, 1.54) is 0 Å². The SMILES string of the molecule is CC1CN(Cc2ccccn2)C(CN(C)C)CN1. The fourth-order valence-corrected chi connectivity index (χ4v) is 2.53. The Morgan fingerprint density at radius 2 is 2.28 bits per heavy atom. The number of rotatable bonds is 4. The molecule has 2 heterocycles. The summed E-state index contributed by atoms with van der Waals surface area (Å²) in [6.45, 7) is 6.44. The van der Waals surface area contributed by atoms with E-state index in [0.717, 1.165) is 31.9 Å². The van der Waals surface area contributed by atoms with Crippen LogP contribution >= 0.6 is 0 Å². The number of aromatic nitrogens is 1. The normalized spacial score (nSPS) is 25.6. The Labute approximate surface area is 110 Å². The van der Waals surface area contributed by atoms with Crippen LogP contribution in [0.5, 0.6) is 0 Å². The first-order chi connectivity index (χ1) is 8.65. The fraction of sp³-hybridized carbons (Fsp3) is 0.643. The third-order valence-corrected chi connectivity index (χ3v) is 3.39. The van der Waals surface area contributed by atoms with Gasteiger partial charge < -0.3 is 10.2 Å². The number of pyridine rings is 1. The van der Waals surface area contributed by atoms with Crippen LogP contribution in [0.25, 0.3) is 0 Å². The molecule has 100 valence electrons. The van der Waals surface area contributed by atoms with E-state index >= 15 is 0 Å². The molecular weight excluding hydrogens is 224 g/mol. The molecule has 18 heavy (non-hydrogen) atoms. The van der Waals surface area contributed by atoms with Gasteiger partial charge in [-0.2, -0.15) is 0 Å². The molecule has 0 aliphatic carbocycles. The zero-order valence-corrected chi connectivity index (χ0v) is 11.6. The second kappa shape index (κ2) is 6.27. The van der Waals surface area contributed by atoms with Crippen LogP contribution in [0.2, 0.25) is 0 Å². The van der Waals surface area contributed by atoms with Crippen LogP contribution in [-0.2, 0) is 6.54 Å². The highest BCUT2D eigenvalue weighted by Gasteiger charge is 2.26. The third kappa shape index (κ3) is 3.77. The largest absolute Gasteiger partial charge is 0.311 e. The van der Waals surface area contributed by atoms with Gasteiger partial charge in [0.2, 0.25) is 0 Å². The van der Waals surface area contributed by atoms with Gasteiger partial charge in [-0.3, -0.25) is 9.88 Å². The first-order valence-corrected chi connectivity index (χ1v) is 6.67.